The lowest BCUT2D eigenvalue weighted by molar-refractivity contribution is 0.0690. The summed E-state index contributed by atoms with van der Waals surface area (Å²) in [7, 11) is 0. The highest BCUT2D eigenvalue weighted by Gasteiger charge is 2.08. The molecule has 1 aromatic heterocycles. The Hall–Kier alpha value is -1.65. The van der Waals surface area contributed by atoms with Crippen LogP contribution in [0.15, 0.2) is 12.4 Å². The zero-order valence-corrected chi connectivity index (χ0v) is 11.2. The first-order chi connectivity index (χ1) is 8.49. The molecule has 0 bridgehead atoms. The van der Waals surface area contributed by atoms with Crippen LogP contribution in [0.2, 0.25) is 0 Å². The van der Waals surface area contributed by atoms with Gasteiger partial charge in [-0.25, -0.2) is 9.78 Å². The van der Waals surface area contributed by atoms with E-state index in [2.05, 4.69) is 36.1 Å². The van der Waals surface area contributed by atoms with Crippen molar-refractivity contribution in [1.82, 2.24) is 9.97 Å². The van der Waals surface area contributed by atoms with Crippen LogP contribution in [0, 0.1) is 5.92 Å². The summed E-state index contributed by atoms with van der Waals surface area (Å²) in [5.74, 6) is 0.179. The number of rotatable bonds is 7. The van der Waals surface area contributed by atoms with Crippen LogP contribution in [0.3, 0.4) is 0 Å². The van der Waals surface area contributed by atoms with E-state index >= 15 is 0 Å². The van der Waals surface area contributed by atoms with Crippen LogP contribution in [0.1, 0.15) is 50.5 Å². The monoisotopic (exact) mass is 251 g/mol. The van der Waals surface area contributed by atoms with Gasteiger partial charge in [-0.15, -0.1) is 0 Å². The summed E-state index contributed by atoms with van der Waals surface area (Å²) in [6.07, 6.45) is 6.18. The highest BCUT2D eigenvalue weighted by atomic mass is 16.4. The van der Waals surface area contributed by atoms with E-state index in [1.807, 2.05) is 0 Å². The van der Waals surface area contributed by atoms with E-state index in [0.717, 1.165) is 12.8 Å². The van der Waals surface area contributed by atoms with Crippen molar-refractivity contribution in [3.05, 3.63) is 18.1 Å². The van der Waals surface area contributed by atoms with Gasteiger partial charge in [0.15, 0.2) is 5.69 Å². The van der Waals surface area contributed by atoms with Crippen molar-refractivity contribution in [2.24, 2.45) is 5.92 Å². The lowest BCUT2D eigenvalue weighted by atomic mass is 10.0. The lowest BCUT2D eigenvalue weighted by Gasteiger charge is -2.14. The lowest BCUT2D eigenvalue weighted by Crippen LogP contribution is -2.17. The number of nitrogens with one attached hydrogen (secondary N) is 1. The van der Waals surface area contributed by atoms with Gasteiger partial charge in [0.05, 0.1) is 12.4 Å². The first-order valence-corrected chi connectivity index (χ1v) is 6.31. The molecule has 0 spiro atoms. The molecule has 1 aromatic rings. The molecule has 0 aliphatic carbocycles. The number of anilines is 1. The van der Waals surface area contributed by atoms with Gasteiger partial charge in [-0.05, 0) is 19.3 Å². The number of aromatic carboxylic acids is 1. The molecule has 0 saturated heterocycles. The molecule has 0 aliphatic rings. The first-order valence-electron chi connectivity index (χ1n) is 6.31. The number of carboxylic acid groups (broad SMARTS) is 1. The van der Waals surface area contributed by atoms with Gasteiger partial charge in [0.1, 0.15) is 5.82 Å². The molecule has 0 aromatic carbocycles. The van der Waals surface area contributed by atoms with Gasteiger partial charge in [-0.1, -0.05) is 26.7 Å². The highest BCUT2D eigenvalue weighted by Crippen LogP contribution is 2.11. The number of hydrogen-bond acceptors (Lipinski definition) is 4. The van der Waals surface area contributed by atoms with Crippen LogP contribution in [0.25, 0.3) is 0 Å². The third-order valence-corrected chi connectivity index (χ3v) is 2.67. The topological polar surface area (TPSA) is 75.1 Å². The maximum atomic E-state index is 10.8. The molecule has 1 atom stereocenters. The quantitative estimate of drug-likeness (QED) is 0.779. The molecule has 0 aliphatic heterocycles. The van der Waals surface area contributed by atoms with E-state index in [-0.39, 0.29) is 11.7 Å². The van der Waals surface area contributed by atoms with E-state index in [0.29, 0.717) is 11.7 Å². The Kier molecular flexibility index (Phi) is 5.55. The van der Waals surface area contributed by atoms with Crippen molar-refractivity contribution >= 4 is 11.8 Å². The molecule has 1 rings (SSSR count). The number of hydrogen-bond donors (Lipinski definition) is 2. The van der Waals surface area contributed by atoms with Crippen LogP contribution >= 0.6 is 0 Å². The second-order valence-corrected chi connectivity index (χ2v) is 4.96. The minimum absolute atomic E-state index is 0.0330. The number of aromatic nitrogens is 2. The molecular weight excluding hydrogens is 230 g/mol. The fourth-order valence-corrected chi connectivity index (χ4v) is 1.70. The Morgan fingerprint density at radius 3 is 2.67 bits per heavy atom. The SMILES string of the molecule is CC(C)CCCC(C)Nc1cncc(C(=O)O)n1. The van der Waals surface area contributed by atoms with Crippen molar-refractivity contribution in [2.45, 2.75) is 46.1 Å². The van der Waals surface area contributed by atoms with Gasteiger partial charge < -0.3 is 10.4 Å². The first kappa shape index (κ1) is 14.4. The standard InChI is InChI=1S/C13H21N3O2/c1-9(2)5-4-6-10(3)15-12-8-14-7-11(16-12)13(17)18/h7-10H,4-6H2,1-3H3,(H,15,16)(H,17,18). The molecule has 2 N–H and O–H groups in total. The maximum Gasteiger partial charge on any atom is 0.356 e. The van der Waals surface area contributed by atoms with Gasteiger partial charge in [0.2, 0.25) is 0 Å². The third-order valence-electron chi connectivity index (χ3n) is 2.67. The zero-order chi connectivity index (χ0) is 13.5. The fourth-order valence-electron chi connectivity index (χ4n) is 1.70. The Bertz CT molecular complexity index is 394. The summed E-state index contributed by atoms with van der Waals surface area (Å²) in [6, 6.07) is 0.266. The molecule has 0 amide bonds. The number of carbonyl (C=O) groups is 1. The van der Waals surface area contributed by atoms with Crippen molar-refractivity contribution < 1.29 is 9.90 Å². The van der Waals surface area contributed by atoms with Crippen LogP contribution in [0.5, 0.6) is 0 Å². The molecule has 0 saturated carbocycles. The second-order valence-electron chi connectivity index (χ2n) is 4.96. The van der Waals surface area contributed by atoms with Crippen molar-refractivity contribution in [1.29, 1.82) is 0 Å². The van der Waals surface area contributed by atoms with Crippen LogP contribution in [-0.4, -0.2) is 27.1 Å². The van der Waals surface area contributed by atoms with Crippen molar-refractivity contribution in [2.75, 3.05) is 5.32 Å². The predicted molar refractivity (Wildman–Crippen MR) is 70.8 cm³/mol. The van der Waals surface area contributed by atoms with Crippen LogP contribution < -0.4 is 5.32 Å². The Morgan fingerprint density at radius 1 is 1.33 bits per heavy atom. The van der Waals surface area contributed by atoms with Gasteiger partial charge in [0, 0.05) is 6.04 Å². The minimum atomic E-state index is -1.06. The van der Waals surface area contributed by atoms with Crippen LogP contribution in [-0.2, 0) is 0 Å². The highest BCUT2D eigenvalue weighted by molar-refractivity contribution is 5.85. The predicted octanol–water partition coefficient (Wildman–Crippen LogP) is 2.80. The fraction of sp³-hybridized carbons (Fsp3) is 0.615. The van der Waals surface area contributed by atoms with Crippen LogP contribution in [0.4, 0.5) is 5.82 Å². The van der Waals surface area contributed by atoms with E-state index < -0.39 is 5.97 Å². The van der Waals surface area contributed by atoms with E-state index in [4.69, 9.17) is 5.11 Å². The maximum absolute atomic E-state index is 10.8. The summed E-state index contributed by atoms with van der Waals surface area (Å²) in [6.45, 7) is 6.48. The normalized spacial score (nSPS) is 12.4. The molecule has 0 radical (unpaired) electrons. The number of carboxylic acids is 1. The van der Waals surface area contributed by atoms with E-state index in [1.54, 1.807) is 6.20 Å². The van der Waals surface area contributed by atoms with Crippen molar-refractivity contribution in [3.63, 3.8) is 0 Å². The summed E-state index contributed by atoms with van der Waals surface area (Å²) in [4.78, 5) is 18.6. The van der Waals surface area contributed by atoms with E-state index in [9.17, 15) is 4.79 Å². The molecule has 1 unspecified atom stereocenters. The molecule has 0 fully saturated rings. The molecular formula is C13H21N3O2. The third kappa shape index (κ3) is 5.12. The summed E-state index contributed by atoms with van der Waals surface area (Å²) in [5, 5.41) is 12.0. The van der Waals surface area contributed by atoms with Gasteiger partial charge >= 0.3 is 5.97 Å². The van der Waals surface area contributed by atoms with Gasteiger partial charge in [-0.2, -0.15) is 0 Å². The average molecular weight is 251 g/mol. The largest absolute Gasteiger partial charge is 0.476 e. The Balaban J connectivity index is 2.46. The minimum Gasteiger partial charge on any atom is -0.476 e. The second kappa shape index (κ2) is 6.93. The average Bonchev–Trinajstić information content (AvgIpc) is 2.28. The van der Waals surface area contributed by atoms with Gasteiger partial charge in [-0.3, -0.25) is 4.98 Å². The van der Waals surface area contributed by atoms with Gasteiger partial charge in [0.25, 0.3) is 0 Å². The Labute approximate surface area is 108 Å². The molecule has 5 heteroatoms. The summed E-state index contributed by atoms with van der Waals surface area (Å²) in [5.41, 5.74) is -0.0330. The molecule has 5 nitrogen and oxygen atoms in total. The Morgan fingerprint density at radius 2 is 2.06 bits per heavy atom. The van der Waals surface area contributed by atoms with Crippen molar-refractivity contribution in [3.8, 4) is 0 Å². The number of nitrogens with zero attached hydrogens (tertiary/aromatic N) is 2. The molecule has 1 heterocycles. The molecule has 18 heavy (non-hydrogen) atoms. The zero-order valence-electron chi connectivity index (χ0n) is 11.2. The molecule has 100 valence electrons. The summed E-state index contributed by atoms with van der Waals surface area (Å²) >= 11 is 0. The smallest absolute Gasteiger partial charge is 0.356 e. The van der Waals surface area contributed by atoms with E-state index in [1.165, 1.54) is 12.6 Å². The summed E-state index contributed by atoms with van der Waals surface area (Å²) < 4.78 is 0.